The average Bonchev–Trinajstić information content (AvgIpc) is 2.84. The van der Waals surface area contributed by atoms with Crippen molar-refractivity contribution in [3.63, 3.8) is 0 Å². The number of carbonyl (C=O) groups excluding carboxylic acids is 1. The van der Waals surface area contributed by atoms with Gasteiger partial charge in [0.05, 0.1) is 0 Å². The molecule has 0 spiro atoms. The van der Waals surface area contributed by atoms with Crippen LogP contribution in [0, 0.1) is 0 Å². The van der Waals surface area contributed by atoms with E-state index in [9.17, 15) is 4.79 Å². The molecule has 6 nitrogen and oxygen atoms in total. The van der Waals surface area contributed by atoms with Crippen molar-refractivity contribution in [2.24, 2.45) is 0 Å². The molecule has 1 atom stereocenters. The summed E-state index contributed by atoms with van der Waals surface area (Å²) in [5.74, 6) is 0.843. The van der Waals surface area contributed by atoms with E-state index >= 15 is 0 Å². The van der Waals surface area contributed by atoms with Crippen molar-refractivity contribution < 1.29 is 4.79 Å². The normalized spacial score (nSPS) is 16.5. The lowest BCUT2D eigenvalue weighted by molar-refractivity contribution is 0.0726. The number of anilines is 1. The van der Waals surface area contributed by atoms with E-state index in [1.807, 2.05) is 77.7 Å². The highest BCUT2D eigenvalue weighted by Crippen LogP contribution is 2.31. The first-order valence-electron chi connectivity index (χ1n) is 10.5. The van der Waals surface area contributed by atoms with Gasteiger partial charge in [-0.15, -0.1) is 10.2 Å². The third-order valence-corrected chi connectivity index (χ3v) is 5.77. The Morgan fingerprint density at radius 3 is 2.39 bits per heavy atom. The summed E-state index contributed by atoms with van der Waals surface area (Å²) in [6.45, 7) is 4.06. The van der Waals surface area contributed by atoms with Crippen molar-refractivity contribution in [3.8, 4) is 11.3 Å². The molecule has 0 saturated carbocycles. The molecule has 1 aliphatic heterocycles. The van der Waals surface area contributed by atoms with Crippen LogP contribution in [0.2, 0.25) is 0 Å². The summed E-state index contributed by atoms with van der Waals surface area (Å²) in [4.78, 5) is 21.7. The number of piperazine rings is 1. The molecule has 3 heterocycles. The predicted octanol–water partition coefficient (Wildman–Crippen LogP) is 4.04. The van der Waals surface area contributed by atoms with E-state index in [4.69, 9.17) is 0 Å². The maximum absolute atomic E-state index is 12.9. The van der Waals surface area contributed by atoms with Gasteiger partial charge in [0.1, 0.15) is 11.2 Å². The van der Waals surface area contributed by atoms with Gasteiger partial charge >= 0.3 is 0 Å². The predicted molar refractivity (Wildman–Crippen MR) is 122 cm³/mol. The fraction of sp³-hybridized carbons (Fsp3) is 0.200. The fourth-order valence-electron chi connectivity index (χ4n) is 4.20. The summed E-state index contributed by atoms with van der Waals surface area (Å²) in [6.07, 6.45) is 1.79. The molecule has 0 radical (unpaired) electrons. The van der Waals surface area contributed by atoms with Gasteiger partial charge in [0, 0.05) is 48.4 Å². The van der Waals surface area contributed by atoms with Crippen LogP contribution in [0.15, 0.2) is 79.0 Å². The van der Waals surface area contributed by atoms with Gasteiger partial charge < -0.3 is 9.80 Å². The highest BCUT2D eigenvalue weighted by Gasteiger charge is 2.30. The van der Waals surface area contributed by atoms with Crippen LogP contribution in [0.25, 0.3) is 22.2 Å². The second-order valence-corrected chi connectivity index (χ2v) is 7.80. The van der Waals surface area contributed by atoms with Crippen LogP contribution in [-0.4, -0.2) is 51.7 Å². The SMILES string of the molecule is C[C@@H]1CN(C(=O)c2ccccc2)CCN1c1nnc(-c2ccccc2)c2cccnc12. The van der Waals surface area contributed by atoms with Gasteiger partial charge in [0.2, 0.25) is 0 Å². The minimum absolute atomic E-state index is 0.0700. The minimum atomic E-state index is 0.0700. The number of carbonyl (C=O) groups is 1. The highest BCUT2D eigenvalue weighted by atomic mass is 16.2. The van der Waals surface area contributed by atoms with Gasteiger partial charge in [-0.3, -0.25) is 9.78 Å². The monoisotopic (exact) mass is 409 g/mol. The first kappa shape index (κ1) is 19.2. The van der Waals surface area contributed by atoms with E-state index in [2.05, 4.69) is 27.0 Å². The molecule has 1 amide bonds. The second-order valence-electron chi connectivity index (χ2n) is 7.80. The second kappa shape index (κ2) is 8.14. The molecule has 1 saturated heterocycles. The highest BCUT2D eigenvalue weighted by molar-refractivity contribution is 5.98. The number of pyridine rings is 1. The summed E-state index contributed by atoms with van der Waals surface area (Å²) in [7, 11) is 0. The van der Waals surface area contributed by atoms with Crippen molar-refractivity contribution >= 4 is 22.6 Å². The Labute approximate surface area is 181 Å². The lowest BCUT2D eigenvalue weighted by Gasteiger charge is -2.40. The van der Waals surface area contributed by atoms with Crippen LogP contribution in [0.4, 0.5) is 5.82 Å². The van der Waals surface area contributed by atoms with Crippen molar-refractivity contribution in [1.82, 2.24) is 20.1 Å². The molecule has 4 aromatic rings. The number of nitrogens with zero attached hydrogens (tertiary/aromatic N) is 5. The van der Waals surface area contributed by atoms with Crippen LogP contribution in [0.1, 0.15) is 17.3 Å². The molecule has 0 bridgehead atoms. The largest absolute Gasteiger partial charge is 0.347 e. The van der Waals surface area contributed by atoms with Gasteiger partial charge in [-0.1, -0.05) is 48.5 Å². The van der Waals surface area contributed by atoms with Crippen molar-refractivity contribution in [2.45, 2.75) is 13.0 Å². The zero-order chi connectivity index (χ0) is 21.2. The maximum Gasteiger partial charge on any atom is 0.253 e. The van der Waals surface area contributed by atoms with Crippen molar-refractivity contribution in [1.29, 1.82) is 0 Å². The topological polar surface area (TPSA) is 62.2 Å². The summed E-state index contributed by atoms with van der Waals surface area (Å²) in [5, 5.41) is 10.2. The average molecular weight is 409 g/mol. The van der Waals surface area contributed by atoms with Crippen LogP contribution >= 0.6 is 0 Å². The van der Waals surface area contributed by atoms with Crippen LogP contribution in [-0.2, 0) is 0 Å². The number of rotatable bonds is 3. The van der Waals surface area contributed by atoms with E-state index in [-0.39, 0.29) is 11.9 Å². The number of hydrogen-bond donors (Lipinski definition) is 0. The Kier molecular flexibility index (Phi) is 5.04. The third-order valence-electron chi connectivity index (χ3n) is 5.77. The molecule has 2 aromatic heterocycles. The Balaban J connectivity index is 1.45. The molecule has 154 valence electrons. The number of hydrogen-bond acceptors (Lipinski definition) is 5. The first-order valence-corrected chi connectivity index (χ1v) is 10.5. The van der Waals surface area contributed by atoms with E-state index in [1.165, 1.54) is 0 Å². The summed E-state index contributed by atoms with van der Waals surface area (Å²) in [5.41, 5.74) is 3.41. The Morgan fingerprint density at radius 2 is 1.65 bits per heavy atom. The molecule has 6 heteroatoms. The molecular weight excluding hydrogens is 386 g/mol. The zero-order valence-electron chi connectivity index (χ0n) is 17.3. The Bertz CT molecular complexity index is 1210. The van der Waals surface area contributed by atoms with Gasteiger partial charge in [0.15, 0.2) is 5.82 Å². The molecule has 1 aliphatic rings. The van der Waals surface area contributed by atoms with Crippen molar-refractivity contribution in [3.05, 3.63) is 84.6 Å². The zero-order valence-corrected chi connectivity index (χ0v) is 17.3. The molecular formula is C25H23N5O. The quantitative estimate of drug-likeness (QED) is 0.511. The molecule has 31 heavy (non-hydrogen) atoms. The minimum Gasteiger partial charge on any atom is -0.347 e. The van der Waals surface area contributed by atoms with Crippen molar-refractivity contribution in [2.75, 3.05) is 24.5 Å². The first-order chi connectivity index (χ1) is 15.2. The number of aromatic nitrogens is 3. The van der Waals surface area contributed by atoms with E-state index < -0.39 is 0 Å². The summed E-state index contributed by atoms with van der Waals surface area (Å²) >= 11 is 0. The number of fused-ring (bicyclic) bond motifs is 1. The van der Waals surface area contributed by atoms with Gasteiger partial charge in [-0.2, -0.15) is 0 Å². The molecule has 5 rings (SSSR count). The summed E-state index contributed by atoms with van der Waals surface area (Å²) < 4.78 is 0. The lowest BCUT2D eigenvalue weighted by Crippen LogP contribution is -2.54. The maximum atomic E-state index is 12.9. The molecule has 0 aliphatic carbocycles. The molecule has 0 N–H and O–H groups in total. The van der Waals surface area contributed by atoms with E-state index in [0.717, 1.165) is 33.5 Å². The van der Waals surface area contributed by atoms with E-state index in [1.54, 1.807) is 6.20 Å². The summed E-state index contributed by atoms with van der Waals surface area (Å²) in [6, 6.07) is 23.6. The Hall–Kier alpha value is -3.80. The number of benzene rings is 2. The van der Waals surface area contributed by atoms with Crippen LogP contribution < -0.4 is 4.90 Å². The molecule has 0 unspecified atom stereocenters. The van der Waals surface area contributed by atoms with Gasteiger partial charge in [-0.25, -0.2) is 0 Å². The molecule has 2 aromatic carbocycles. The third kappa shape index (κ3) is 3.61. The van der Waals surface area contributed by atoms with Crippen LogP contribution in [0.3, 0.4) is 0 Å². The number of amides is 1. The Morgan fingerprint density at radius 1 is 0.903 bits per heavy atom. The molecule has 1 fully saturated rings. The standard InChI is InChI=1S/C25H23N5O/c1-18-17-29(25(31)20-11-6-3-7-12-20)15-16-30(18)24-23-21(13-8-14-26-23)22(27-28-24)19-9-4-2-5-10-19/h2-14,18H,15-17H2,1H3/t18-/m1/s1. The smallest absolute Gasteiger partial charge is 0.253 e. The van der Waals surface area contributed by atoms with Gasteiger partial charge in [0.25, 0.3) is 5.91 Å². The lowest BCUT2D eigenvalue weighted by atomic mass is 10.1. The van der Waals surface area contributed by atoms with Gasteiger partial charge in [-0.05, 0) is 31.2 Å². The fourth-order valence-corrected chi connectivity index (χ4v) is 4.20. The van der Waals surface area contributed by atoms with Crippen LogP contribution in [0.5, 0.6) is 0 Å². The van der Waals surface area contributed by atoms with E-state index in [0.29, 0.717) is 19.6 Å².